The van der Waals surface area contributed by atoms with Crippen LogP contribution in [0.3, 0.4) is 0 Å². The lowest BCUT2D eigenvalue weighted by atomic mass is 10.2. The smallest absolute Gasteiger partial charge is 0.257 e. The Morgan fingerprint density at radius 3 is 2.47 bits per heavy atom. The first-order valence-corrected chi connectivity index (χ1v) is 7.22. The highest BCUT2D eigenvalue weighted by atomic mass is 79.9. The summed E-state index contributed by atoms with van der Waals surface area (Å²) in [6.07, 6.45) is 0. The van der Waals surface area contributed by atoms with Gasteiger partial charge in [0.1, 0.15) is 0 Å². The number of halogens is 3. The zero-order chi connectivity index (χ0) is 13.8. The average molecular weight is 359 g/mol. The van der Waals surface area contributed by atoms with Gasteiger partial charge >= 0.3 is 0 Å². The van der Waals surface area contributed by atoms with Crippen molar-refractivity contribution in [2.24, 2.45) is 0 Å². The third-order valence-electron chi connectivity index (χ3n) is 2.56. The van der Waals surface area contributed by atoms with Crippen LogP contribution in [0.5, 0.6) is 0 Å². The molecule has 0 aromatic heterocycles. The van der Waals surface area contributed by atoms with Crippen molar-refractivity contribution in [1.29, 1.82) is 0 Å². The number of benzene rings is 2. The van der Waals surface area contributed by atoms with Gasteiger partial charge < -0.3 is 5.32 Å². The molecule has 2 aromatic carbocycles. The first kappa shape index (κ1) is 14.4. The highest BCUT2D eigenvalue weighted by Gasteiger charge is 2.12. The van der Waals surface area contributed by atoms with Gasteiger partial charge in [0, 0.05) is 16.0 Å². The lowest BCUT2D eigenvalue weighted by Crippen LogP contribution is -2.12. The lowest BCUT2D eigenvalue weighted by Gasteiger charge is -2.08. The van der Waals surface area contributed by atoms with Crippen LogP contribution in [0.2, 0.25) is 5.02 Å². The summed E-state index contributed by atoms with van der Waals surface area (Å²) in [5.74, 6) is 0.205. The Morgan fingerprint density at radius 2 is 1.84 bits per heavy atom. The van der Waals surface area contributed by atoms with E-state index in [0.717, 1.165) is 5.56 Å². The Morgan fingerprint density at radius 1 is 1.16 bits per heavy atom. The van der Waals surface area contributed by atoms with Crippen molar-refractivity contribution >= 4 is 50.7 Å². The SMILES string of the molecule is O=C(Nc1ccc(CCl)cc1)c1cccc(Br)c1Cl. The van der Waals surface area contributed by atoms with Crippen molar-refractivity contribution in [1.82, 2.24) is 0 Å². The number of hydrogen-bond donors (Lipinski definition) is 1. The Hall–Kier alpha value is -1.03. The highest BCUT2D eigenvalue weighted by molar-refractivity contribution is 9.10. The van der Waals surface area contributed by atoms with Crippen molar-refractivity contribution in [2.45, 2.75) is 5.88 Å². The molecule has 1 N–H and O–H groups in total. The van der Waals surface area contributed by atoms with Crippen LogP contribution in [-0.2, 0) is 5.88 Å². The third-order valence-corrected chi connectivity index (χ3v) is 4.17. The van der Waals surface area contributed by atoms with E-state index in [1.807, 2.05) is 24.3 Å². The molecule has 0 fully saturated rings. The van der Waals surface area contributed by atoms with E-state index in [2.05, 4.69) is 21.2 Å². The Labute approximate surface area is 129 Å². The van der Waals surface area contributed by atoms with Gasteiger partial charge in [-0.2, -0.15) is 0 Å². The molecule has 0 heterocycles. The van der Waals surface area contributed by atoms with Gasteiger partial charge in [0.15, 0.2) is 0 Å². The van der Waals surface area contributed by atoms with E-state index in [-0.39, 0.29) is 5.91 Å². The van der Waals surface area contributed by atoms with Gasteiger partial charge in [0.2, 0.25) is 0 Å². The van der Waals surface area contributed by atoms with Gasteiger partial charge in [-0.15, -0.1) is 11.6 Å². The molecule has 0 atom stereocenters. The average Bonchev–Trinajstić information content (AvgIpc) is 2.42. The second kappa shape index (κ2) is 6.42. The van der Waals surface area contributed by atoms with E-state index in [1.54, 1.807) is 18.2 Å². The largest absolute Gasteiger partial charge is 0.322 e. The molecular weight excluding hydrogens is 349 g/mol. The number of carbonyl (C=O) groups is 1. The fourth-order valence-electron chi connectivity index (χ4n) is 1.55. The number of rotatable bonds is 3. The molecule has 2 rings (SSSR count). The molecule has 0 radical (unpaired) electrons. The first-order valence-electron chi connectivity index (χ1n) is 5.52. The Kier molecular flexibility index (Phi) is 4.86. The quantitative estimate of drug-likeness (QED) is 0.760. The number of hydrogen-bond acceptors (Lipinski definition) is 1. The van der Waals surface area contributed by atoms with E-state index in [9.17, 15) is 4.79 Å². The predicted octanol–water partition coefficient (Wildman–Crippen LogP) is 5.09. The van der Waals surface area contributed by atoms with Gasteiger partial charge in [-0.3, -0.25) is 4.79 Å². The van der Waals surface area contributed by atoms with Crippen LogP contribution in [0.4, 0.5) is 5.69 Å². The topological polar surface area (TPSA) is 29.1 Å². The predicted molar refractivity (Wildman–Crippen MR) is 83.1 cm³/mol. The van der Waals surface area contributed by atoms with Gasteiger partial charge in [0.05, 0.1) is 10.6 Å². The fraction of sp³-hybridized carbons (Fsp3) is 0.0714. The molecular formula is C14H10BrCl2NO. The van der Waals surface area contributed by atoms with Crippen LogP contribution in [0, 0.1) is 0 Å². The number of nitrogens with one attached hydrogen (secondary N) is 1. The molecule has 0 aliphatic carbocycles. The van der Waals surface area contributed by atoms with Gasteiger partial charge in [-0.25, -0.2) is 0 Å². The Balaban J connectivity index is 2.18. The molecule has 2 nitrogen and oxygen atoms in total. The summed E-state index contributed by atoms with van der Waals surface area (Å²) in [5.41, 5.74) is 2.13. The second-order valence-corrected chi connectivity index (χ2v) is 5.39. The zero-order valence-electron chi connectivity index (χ0n) is 9.79. The minimum Gasteiger partial charge on any atom is -0.322 e. The zero-order valence-corrected chi connectivity index (χ0v) is 12.9. The number of anilines is 1. The second-order valence-electron chi connectivity index (χ2n) is 3.89. The molecule has 19 heavy (non-hydrogen) atoms. The van der Waals surface area contributed by atoms with Crippen LogP contribution < -0.4 is 5.32 Å². The molecule has 0 aliphatic rings. The first-order chi connectivity index (χ1) is 9.11. The fourth-order valence-corrected chi connectivity index (χ4v) is 2.31. The van der Waals surface area contributed by atoms with E-state index < -0.39 is 0 Å². The minimum atomic E-state index is -0.245. The lowest BCUT2D eigenvalue weighted by molar-refractivity contribution is 0.102. The molecule has 0 unspecified atom stereocenters. The monoisotopic (exact) mass is 357 g/mol. The maximum absolute atomic E-state index is 12.1. The Bertz CT molecular complexity index is 599. The summed E-state index contributed by atoms with van der Waals surface area (Å²) in [7, 11) is 0. The van der Waals surface area contributed by atoms with Gasteiger partial charge in [0.25, 0.3) is 5.91 Å². The number of amides is 1. The normalized spacial score (nSPS) is 10.3. The highest BCUT2D eigenvalue weighted by Crippen LogP contribution is 2.26. The van der Waals surface area contributed by atoms with Crippen molar-refractivity contribution in [3.63, 3.8) is 0 Å². The van der Waals surface area contributed by atoms with Crippen LogP contribution in [-0.4, -0.2) is 5.91 Å². The van der Waals surface area contributed by atoms with E-state index in [4.69, 9.17) is 23.2 Å². The van der Waals surface area contributed by atoms with Gasteiger partial charge in [-0.05, 0) is 45.8 Å². The molecule has 0 saturated heterocycles. The molecule has 0 aliphatic heterocycles. The molecule has 0 bridgehead atoms. The maximum atomic E-state index is 12.1. The molecule has 5 heteroatoms. The number of alkyl halides is 1. The standard InChI is InChI=1S/C14H10BrCl2NO/c15-12-3-1-2-11(13(12)17)14(19)18-10-6-4-9(8-16)5-7-10/h1-7H,8H2,(H,18,19). The molecule has 0 spiro atoms. The van der Waals surface area contributed by atoms with Crippen molar-refractivity contribution in [2.75, 3.05) is 5.32 Å². The van der Waals surface area contributed by atoms with Crippen molar-refractivity contribution in [3.8, 4) is 0 Å². The summed E-state index contributed by atoms with van der Waals surface area (Å²) in [6, 6.07) is 12.6. The van der Waals surface area contributed by atoms with Crippen LogP contribution in [0.1, 0.15) is 15.9 Å². The molecule has 98 valence electrons. The van der Waals surface area contributed by atoms with E-state index in [1.165, 1.54) is 0 Å². The van der Waals surface area contributed by atoms with Crippen molar-refractivity contribution < 1.29 is 4.79 Å². The number of carbonyl (C=O) groups excluding carboxylic acids is 1. The van der Waals surface area contributed by atoms with Crippen LogP contribution >= 0.6 is 39.1 Å². The van der Waals surface area contributed by atoms with Crippen molar-refractivity contribution in [3.05, 3.63) is 63.1 Å². The summed E-state index contributed by atoms with van der Waals surface area (Å²) in [5, 5.41) is 3.19. The molecule has 1 amide bonds. The van der Waals surface area contributed by atoms with E-state index >= 15 is 0 Å². The summed E-state index contributed by atoms with van der Waals surface area (Å²) < 4.78 is 0.694. The molecule has 2 aromatic rings. The maximum Gasteiger partial charge on any atom is 0.257 e. The third kappa shape index (κ3) is 3.50. The van der Waals surface area contributed by atoms with Crippen LogP contribution in [0.25, 0.3) is 0 Å². The van der Waals surface area contributed by atoms with Gasteiger partial charge in [-0.1, -0.05) is 29.8 Å². The molecule has 0 saturated carbocycles. The van der Waals surface area contributed by atoms with Crippen LogP contribution in [0.15, 0.2) is 46.9 Å². The summed E-state index contributed by atoms with van der Waals surface area (Å²) in [4.78, 5) is 12.1. The summed E-state index contributed by atoms with van der Waals surface area (Å²) in [6.45, 7) is 0. The van der Waals surface area contributed by atoms with E-state index in [0.29, 0.717) is 26.6 Å². The minimum absolute atomic E-state index is 0.245. The summed E-state index contributed by atoms with van der Waals surface area (Å²) >= 11 is 15.1.